The minimum absolute atomic E-state index is 0.0274. The van der Waals surface area contributed by atoms with Crippen molar-refractivity contribution >= 4 is 34.8 Å². The minimum Gasteiger partial charge on any atom is -0.205 e. The molecule has 1 radical (unpaired) electrons. The second-order valence-electron chi connectivity index (χ2n) is 1.58. The summed E-state index contributed by atoms with van der Waals surface area (Å²) in [5, 5.41) is 0.0433. The van der Waals surface area contributed by atoms with Crippen molar-refractivity contribution in [3.8, 4) is 0 Å². The first-order chi connectivity index (χ1) is 4.63. The first-order valence-electron chi connectivity index (χ1n) is 2.33. The molecule has 0 aliphatic carbocycles. The van der Waals surface area contributed by atoms with Crippen molar-refractivity contribution in [3.63, 3.8) is 0 Å². The third kappa shape index (κ3) is 1.36. The highest BCUT2D eigenvalue weighted by Crippen LogP contribution is 2.30. The van der Waals surface area contributed by atoms with Crippen LogP contribution >= 0.6 is 34.8 Å². The second-order valence-corrected chi connectivity index (χ2v) is 2.74. The van der Waals surface area contributed by atoms with E-state index in [0.29, 0.717) is 0 Å². The third-order valence-electron chi connectivity index (χ3n) is 0.921. The van der Waals surface area contributed by atoms with E-state index >= 15 is 0 Å². The number of hydrogen-bond acceptors (Lipinski definition) is 0. The fourth-order valence-corrected chi connectivity index (χ4v) is 0.946. The van der Waals surface area contributed by atoms with E-state index in [0.717, 1.165) is 0 Å². The van der Waals surface area contributed by atoms with Crippen molar-refractivity contribution in [1.29, 1.82) is 0 Å². The van der Waals surface area contributed by atoms with E-state index in [9.17, 15) is 4.39 Å². The summed E-state index contributed by atoms with van der Waals surface area (Å²) in [6, 6.07) is 3.42. The third-order valence-corrected chi connectivity index (χ3v) is 2.16. The molecule has 0 heterocycles. The number of benzene rings is 1. The molecule has 1 aromatic carbocycles. The van der Waals surface area contributed by atoms with Crippen molar-refractivity contribution in [1.82, 2.24) is 0 Å². The van der Waals surface area contributed by atoms with Crippen molar-refractivity contribution in [3.05, 3.63) is 33.0 Å². The van der Waals surface area contributed by atoms with E-state index in [4.69, 9.17) is 34.8 Å². The first kappa shape index (κ1) is 8.12. The van der Waals surface area contributed by atoms with Gasteiger partial charge in [0.05, 0.1) is 15.1 Å². The minimum atomic E-state index is -0.684. The van der Waals surface area contributed by atoms with Crippen LogP contribution in [0.1, 0.15) is 0 Å². The summed E-state index contributed by atoms with van der Waals surface area (Å²) in [5.74, 6) is -0.684. The predicted molar refractivity (Wildman–Crippen MR) is 40.3 cm³/mol. The Kier molecular flexibility index (Phi) is 2.40. The lowest BCUT2D eigenvalue weighted by molar-refractivity contribution is 0.626. The zero-order valence-corrected chi connectivity index (χ0v) is 6.86. The van der Waals surface area contributed by atoms with Gasteiger partial charge in [0.25, 0.3) is 0 Å². The van der Waals surface area contributed by atoms with Gasteiger partial charge in [-0.25, -0.2) is 4.39 Å². The summed E-state index contributed by atoms with van der Waals surface area (Å²) in [6.45, 7) is 0. The van der Waals surface area contributed by atoms with Gasteiger partial charge in [-0.1, -0.05) is 34.8 Å². The Balaban J connectivity index is 3.34. The van der Waals surface area contributed by atoms with E-state index in [2.05, 4.69) is 6.07 Å². The van der Waals surface area contributed by atoms with E-state index < -0.39 is 5.82 Å². The summed E-state index contributed by atoms with van der Waals surface area (Å²) in [6.07, 6.45) is 0. The highest BCUT2D eigenvalue weighted by molar-refractivity contribution is 6.47. The molecule has 0 amide bonds. The van der Waals surface area contributed by atoms with Crippen molar-refractivity contribution in [2.24, 2.45) is 0 Å². The molecule has 0 aromatic heterocycles. The topological polar surface area (TPSA) is 0 Å². The fourth-order valence-electron chi connectivity index (χ4n) is 0.455. The molecule has 10 heavy (non-hydrogen) atoms. The average molecular weight is 198 g/mol. The van der Waals surface area contributed by atoms with E-state index in [1.807, 2.05) is 0 Å². The maximum Gasteiger partial charge on any atom is 0.151 e. The molecule has 1 aromatic rings. The number of rotatable bonds is 0. The average Bonchev–Trinajstić information content (AvgIpc) is 1.93. The van der Waals surface area contributed by atoms with Crippen molar-refractivity contribution in [2.75, 3.05) is 0 Å². The van der Waals surface area contributed by atoms with Gasteiger partial charge in [-0.05, 0) is 6.07 Å². The van der Waals surface area contributed by atoms with Crippen LogP contribution < -0.4 is 0 Å². The normalized spacial score (nSPS) is 10.0. The van der Waals surface area contributed by atoms with Crippen LogP contribution in [-0.2, 0) is 0 Å². The molecule has 0 nitrogen and oxygen atoms in total. The van der Waals surface area contributed by atoms with Gasteiger partial charge in [0.2, 0.25) is 0 Å². The molecule has 1 rings (SSSR count). The van der Waals surface area contributed by atoms with Crippen LogP contribution in [0.15, 0.2) is 6.07 Å². The fraction of sp³-hybridized carbons (Fsp3) is 0. The Morgan fingerprint density at radius 1 is 1.20 bits per heavy atom. The maximum atomic E-state index is 12.4. The monoisotopic (exact) mass is 197 g/mol. The lowest BCUT2D eigenvalue weighted by Crippen LogP contribution is -1.78. The summed E-state index contributed by atoms with van der Waals surface area (Å²) in [7, 11) is 0. The largest absolute Gasteiger partial charge is 0.205 e. The van der Waals surface area contributed by atoms with Crippen LogP contribution in [-0.4, -0.2) is 0 Å². The zero-order chi connectivity index (χ0) is 7.72. The molecule has 0 aliphatic rings. The Bertz CT molecular complexity index is 232. The molecule has 0 unspecified atom stereocenters. The van der Waals surface area contributed by atoms with Crippen LogP contribution in [0.5, 0.6) is 0 Å². The van der Waals surface area contributed by atoms with Gasteiger partial charge in [0.1, 0.15) is 0 Å². The van der Waals surface area contributed by atoms with Crippen LogP contribution in [0.2, 0.25) is 15.1 Å². The van der Waals surface area contributed by atoms with Crippen LogP contribution in [0, 0.1) is 11.9 Å². The zero-order valence-electron chi connectivity index (χ0n) is 4.59. The first-order valence-corrected chi connectivity index (χ1v) is 3.47. The van der Waals surface area contributed by atoms with Gasteiger partial charge in [-0.2, -0.15) is 0 Å². The predicted octanol–water partition coefficient (Wildman–Crippen LogP) is 3.59. The van der Waals surface area contributed by atoms with Gasteiger partial charge in [-0.3, -0.25) is 0 Å². The van der Waals surface area contributed by atoms with Crippen LogP contribution in [0.25, 0.3) is 0 Å². The molecule has 4 heteroatoms. The summed E-state index contributed by atoms with van der Waals surface area (Å²) in [4.78, 5) is 0. The molecule has 0 spiro atoms. The number of halogens is 4. The van der Waals surface area contributed by atoms with Crippen molar-refractivity contribution in [2.45, 2.75) is 0 Å². The molecular weight excluding hydrogens is 197 g/mol. The second kappa shape index (κ2) is 2.95. The molecular formula is C6HCl3F. The van der Waals surface area contributed by atoms with E-state index in [1.165, 1.54) is 6.07 Å². The summed E-state index contributed by atoms with van der Waals surface area (Å²) in [5.41, 5.74) is 0. The molecule has 0 atom stereocenters. The quantitative estimate of drug-likeness (QED) is 0.441. The lowest BCUT2D eigenvalue weighted by atomic mass is 10.3. The molecule has 0 aliphatic heterocycles. The Morgan fingerprint density at radius 3 is 2.30 bits per heavy atom. The van der Waals surface area contributed by atoms with Gasteiger partial charge < -0.3 is 0 Å². The number of hydrogen-bond donors (Lipinski definition) is 0. The lowest BCUT2D eigenvalue weighted by Gasteiger charge is -1.97. The molecule has 0 saturated heterocycles. The molecule has 53 valence electrons. The maximum absolute atomic E-state index is 12.4. The summed E-state index contributed by atoms with van der Waals surface area (Å²) >= 11 is 16.3. The Morgan fingerprint density at radius 2 is 1.80 bits per heavy atom. The van der Waals surface area contributed by atoms with Crippen LogP contribution in [0.4, 0.5) is 4.39 Å². The van der Waals surface area contributed by atoms with E-state index in [1.54, 1.807) is 0 Å². The van der Waals surface area contributed by atoms with Gasteiger partial charge in [-0.15, -0.1) is 0 Å². The smallest absolute Gasteiger partial charge is 0.151 e. The van der Waals surface area contributed by atoms with E-state index in [-0.39, 0.29) is 15.1 Å². The van der Waals surface area contributed by atoms with Gasteiger partial charge in [0, 0.05) is 6.07 Å². The summed E-state index contributed by atoms with van der Waals surface area (Å²) < 4.78 is 12.4. The Hall–Kier alpha value is 0.0200. The van der Waals surface area contributed by atoms with Gasteiger partial charge in [0.15, 0.2) is 5.82 Å². The van der Waals surface area contributed by atoms with Crippen LogP contribution in [0.3, 0.4) is 0 Å². The SMILES string of the molecule is Fc1[c]cc(Cl)c(Cl)c1Cl. The van der Waals surface area contributed by atoms with Gasteiger partial charge >= 0.3 is 0 Å². The molecule has 0 fully saturated rings. The van der Waals surface area contributed by atoms with Crippen molar-refractivity contribution < 1.29 is 4.39 Å². The standard InChI is InChI=1S/C6HCl3F/c7-3-1-2-4(10)6(9)5(3)8/h1H. The molecule has 0 bridgehead atoms. The highest BCUT2D eigenvalue weighted by Gasteiger charge is 2.07. The molecule has 0 saturated carbocycles. The highest BCUT2D eigenvalue weighted by atomic mass is 35.5. The molecule has 0 N–H and O–H groups in total. The Labute approximate surface area is 72.5 Å².